The number of aromatic amines is 2. The number of hydrogen-bond donors (Lipinski definition) is 3. The molecule has 0 aliphatic carbocycles. The second kappa shape index (κ2) is 6.28. The lowest BCUT2D eigenvalue weighted by Gasteiger charge is -2.15. The molecule has 0 radical (unpaired) electrons. The van der Waals surface area contributed by atoms with Crippen LogP contribution < -0.4 is 5.69 Å². The largest absolute Gasteiger partial charge is 0.481 e. The molecule has 1 aliphatic heterocycles. The number of likely N-dealkylation sites (tertiary alicyclic amines) is 1. The number of carboxylic acids is 1. The zero-order valence-electron chi connectivity index (χ0n) is 12.7. The fraction of sp³-hybridized carbons (Fsp3) is 0.438. The first kappa shape index (κ1) is 15.3. The summed E-state index contributed by atoms with van der Waals surface area (Å²) in [5.74, 6) is -1.23. The summed E-state index contributed by atoms with van der Waals surface area (Å²) in [6.07, 6.45) is 2.39. The van der Waals surface area contributed by atoms with Crippen molar-refractivity contribution in [1.82, 2.24) is 14.9 Å². The number of amides is 1. The van der Waals surface area contributed by atoms with Gasteiger partial charge < -0.3 is 20.0 Å². The highest BCUT2D eigenvalue weighted by Crippen LogP contribution is 2.18. The molecule has 0 saturated carbocycles. The Morgan fingerprint density at radius 3 is 2.78 bits per heavy atom. The number of carbonyl (C=O) groups excluding carboxylic acids is 1. The molecular weight excluding hydrogens is 298 g/mol. The molecule has 1 atom stereocenters. The number of benzene rings is 1. The average molecular weight is 317 g/mol. The van der Waals surface area contributed by atoms with Gasteiger partial charge in [0.05, 0.1) is 17.0 Å². The molecule has 0 bridgehead atoms. The molecule has 122 valence electrons. The highest BCUT2D eigenvalue weighted by Gasteiger charge is 2.30. The summed E-state index contributed by atoms with van der Waals surface area (Å²) in [7, 11) is 0. The van der Waals surface area contributed by atoms with Gasteiger partial charge in [-0.3, -0.25) is 9.59 Å². The van der Waals surface area contributed by atoms with E-state index < -0.39 is 11.9 Å². The number of aliphatic carboxylic acids is 1. The molecule has 7 nitrogen and oxygen atoms in total. The minimum Gasteiger partial charge on any atom is -0.481 e. The van der Waals surface area contributed by atoms with Gasteiger partial charge in [-0.1, -0.05) is 6.07 Å². The number of fused-ring (bicyclic) bond motifs is 1. The zero-order valence-corrected chi connectivity index (χ0v) is 12.7. The van der Waals surface area contributed by atoms with Gasteiger partial charge in [0.2, 0.25) is 5.91 Å². The standard InChI is InChI=1S/C16H19N3O4/c20-14(19-7-6-11(9-19)15(21)22)3-1-2-10-4-5-12-13(8-10)18-16(23)17-12/h4-5,8,11H,1-3,6-7,9H2,(H,21,22)(H2,17,18,23)/t11-/m1/s1. The fourth-order valence-corrected chi connectivity index (χ4v) is 3.03. The zero-order chi connectivity index (χ0) is 16.4. The van der Waals surface area contributed by atoms with Crippen LogP contribution in [0.3, 0.4) is 0 Å². The normalized spacial score (nSPS) is 17.7. The summed E-state index contributed by atoms with van der Waals surface area (Å²) < 4.78 is 0. The topological polar surface area (TPSA) is 106 Å². The Balaban J connectivity index is 1.51. The summed E-state index contributed by atoms with van der Waals surface area (Å²) in [6, 6.07) is 5.70. The molecule has 1 fully saturated rings. The van der Waals surface area contributed by atoms with E-state index in [0.717, 1.165) is 23.0 Å². The highest BCUT2D eigenvalue weighted by molar-refractivity contribution is 5.79. The van der Waals surface area contributed by atoms with Crippen LogP contribution in [-0.4, -0.2) is 44.9 Å². The van der Waals surface area contributed by atoms with Crippen molar-refractivity contribution in [1.29, 1.82) is 0 Å². The number of rotatable bonds is 5. The number of hydrogen-bond acceptors (Lipinski definition) is 3. The maximum Gasteiger partial charge on any atom is 0.323 e. The predicted molar refractivity (Wildman–Crippen MR) is 84.2 cm³/mol. The van der Waals surface area contributed by atoms with Crippen LogP contribution in [0, 0.1) is 5.92 Å². The first-order valence-corrected chi connectivity index (χ1v) is 7.74. The van der Waals surface area contributed by atoms with E-state index >= 15 is 0 Å². The Labute approximate surface area is 132 Å². The van der Waals surface area contributed by atoms with Crippen LogP contribution in [0.5, 0.6) is 0 Å². The monoisotopic (exact) mass is 317 g/mol. The van der Waals surface area contributed by atoms with Gasteiger partial charge in [0.1, 0.15) is 0 Å². The molecule has 1 aromatic carbocycles. The van der Waals surface area contributed by atoms with E-state index in [1.807, 2.05) is 18.2 Å². The minimum absolute atomic E-state index is 0.0184. The van der Waals surface area contributed by atoms with Crippen molar-refractivity contribution in [3.63, 3.8) is 0 Å². The van der Waals surface area contributed by atoms with Crippen molar-refractivity contribution < 1.29 is 14.7 Å². The number of nitrogens with zero attached hydrogens (tertiary/aromatic N) is 1. The van der Waals surface area contributed by atoms with E-state index in [9.17, 15) is 14.4 Å². The van der Waals surface area contributed by atoms with Crippen LogP contribution in [0.25, 0.3) is 11.0 Å². The lowest BCUT2D eigenvalue weighted by atomic mass is 10.1. The first-order chi connectivity index (χ1) is 11.0. The first-order valence-electron chi connectivity index (χ1n) is 7.74. The van der Waals surface area contributed by atoms with Crippen LogP contribution >= 0.6 is 0 Å². The van der Waals surface area contributed by atoms with Gasteiger partial charge >= 0.3 is 11.7 Å². The summed E-state index contributed by atoms with van der Waals surface area (Å²) in [4.78, 5) is 41.3. The van der Waals surface area contributed by atoms with Gasteiger partial charge in [-0.2, -0.15) is 0 Å². The van der Waals surface area contributed by atoms with E-state index in [1.54, 1.807) is 4.90 Å². The van der Waals surface area contributed by atoms with Gasteiger partial charge in [0.15, 0.2) is 0 Å². The van der Waals surface area contributed by atoms with E-state index in [2.05, 4.69) is 9.97 Å². The third-order valence-corrected chi connectivity index (χ3v) is 4.33. The van der Waals surface area contributed by atoms with E-state index in [4.69, 9.17) is 5.11 Å². The molecule has 1 saturated heterocycles. The second-order valence-corrected chi connectivity index (χ2v) is 5.98. The van der Waals surface area contributed by atoms with E-state index in [1.165, 1.54) is 0 Å². The van der Waals surface area contributed by atoms with Crippen LogP contribution in [0.15, 0.2) is 23.0 Å². The number of nitrogens with one attached hydrogen (secondary N) is 2. The van der Waals surface area contributed by atoms with Crippen molar-refractivity contribution >= 4 is 22.9 Å². The lowest BCUT2D eigenvalue weighted by Crippen LogP contribution is -2.29. The number of aryl methyl sites for hydroxylation is 1. The van der Waals surface area contributed by atoms with Crippen molar-refractivity contribution in [3.05, 3.63) is 34.2 Å². The van der Waals surface area contributed by atoms with Crippen molar-refractivity contribution in [3.8, 4) is 0 Å². The van der Waals surface area contributed by atoms with Crippen LogP contribution in [0.1, 0.15) is 24.8 Å². The average Bonchev–Trinajstić information content (AvgIpc) is 3.12. The quantitative estimate of drug-likeness (QED) is 0.768. The van der Waals surface area contributed by atoms with Crippen LogP contribution in [0.4, 0.5) is 0 Å². The van der Waals surface area contributed by atoms with Gasteiger partial charge in [-0.05, 0) is 37.0 Å². The number of carboxylic acid groups (broad SMARTS) is 1. The number of aromatic nitrogens is 2. The van der Waals surface area contributed by atoms with Crippen LogP contribution in [0.2, 0.25) is 0 Å². The minimum atomic E-state index is -0.825. The molecular formula is C16H19N3O4. The van der Waals surface area contributed by atoms with Gasteiger partial charge in [0.25, 0.3) is 0 Å². The Bertz CT molecular complexity index is 792. The summed E-state index contributed by atoms with van der Waals surface area (Å²) in [5, 5.41) is 8.96. The molecule has 23 heavy (non-hydrogen) atoms. The SMILES string of the molecule is O=C(O)[C@@H]1CCN(C(=O)CCCc2ccc3[nH]c(=O)[nH]c3c2)C1. The van der Waals surface area contributed by atoms with Gasteiger partial charge in [-0.25, -0.2) is 4.79 Å². The Hall–Kier alpha value is -2.57. The van der Waals surface area contributed by atoms with Crippen molar-refractivity contribution in [2.45, 2.75) is 25.7 Å². The maximum absolute atomic E-state index is 12.1. The molecule has 0 unspecified atom stereocenters. The van der Waals surface area contributed by atoms with Crippen LogP contribution in [-0.2, 0) is 16.0 Å². The van der Waals surface area contributed by atoms with Gasteiger partial charge in [-0.15, -0.1) is 0 Å². The van der Waals surface area contributed by atoms with Gasteiger partial charge in [0, 0.05) is 19.5 Å². The molecule has 2 aromatic rings. The number of H-pyrrole nitrogens is 2. The molecule has 1 aromatic heterocycles. The van der Waals surface area contributed by atoms with E-state index in [-0.39, 0.29) is 11.6 Å². The molecule has 2 heterocycles. The smallest absolute Gasteiger partial charge is 0.323 e. The molecule has 0 spiro atoms. The number of carbonyl (C=O) groups is 2. The van der Waals surface area contributed by atoms with Crippen molar-refractivity contribution in [2.24, 2.45) is 5.92 Å². The molecule has 7 heteroatoms. The van der Waals surface area contributed by atoms with Crippen molar-refractivity contribution in [2.75, 3.05) is 13.1 Å². The molecule has 3 rings (SSSR count). The Morgan fingerprint density at radius 2 is 2.04 bits per heavy atom. The number of imidazole rings is 1. The highest BCUT2D eigenvalue weighted by atomic mass is 16.4. The second-order valence-electron chi connectivity index (χ2n) is 5.98. The third-order valence-electron chi connectivity index (χ3n) is 4.33. The molecule has 1 aliphatic rings. The maximum atomic E-state index is 12.1. The fourth-order valence-electron chi connectivity index (χ4n) is 3.03. The Morgan fingerprint density at radius 1 is 1.26 bits per heavy atom. The lowest BCUT2D eigenvalue weighted by molar-refractivity contribution is -0.141. The molecule has 1 amide bonds. The Kier molecular flexibility index (Phi) is 4.18. The van der Waals surface area contributed by atoms with E-state index in [0.29, 0.717) is 32.4 Å². The summed E-state index contributed by atoms with van der Waals surface area (Å²) in [6.45, 7) is 0.858. The third kappa shape index (κ3) is 3.44. The summed E-state index contributed by atoms with van der Waals surface area (Å²) >= 11 is 0. The molecule has 3 N–H and O–H groups in total. The summed E-state index contributed by atoms with van der Waals surface area (Å²) in [5.41, 5.74) is 2.37. The predicted octanol–water partition coefficient (Wildman–Crippen LogP) is 1.11.